The average Bonchev–Trinajstić information content (AvgIpc) is 3.44. The van der Waals surface area contributed by atoms with E-state index in [2.05, 4.69) is 10.3 Å². The highest BCUT2D eigenvalue weighted by Crippen LogP contribution is 2.43. The number of fused-ring (bicyclic) bond motifs is 2. The highest BCUT2D eigenvalue weighted by atomic mass is 32.2. The van der Waals surface area contributed by atoms with E-state index in [-0.39, 0.29) is 11.8 Å². The van der Waals surface area contributed by atoms with E-state index < -0.39 is 0 Å². The number of carbonyl (C=O) groups excluding carboxylic acids is 2. The number of anilines is 2. The number of rotatable bonds is 4. The van der Waals surface area contributed by atoms with Crippen molar-refractivity contribution in [3.05, 3.63) is 63.8 Å². The van der Waals surface area contributed by atoms with Gasteiger partial charge >= 0.3 is 0 Å². The predicted octanol–water partition coefficient (Wildman–Crippen LogP) is 5.18. The summed E-state index contributed by atoms with van der Waals surface area (Å²) in [7, 11) is 0. The standard InChI is InChI=1S/C20H15N3O2S3/c24-18-11-27-20-16(23(18)10-12-4-3-7-26-12)8-17(28-20)19(25)22-15-9-21-14-6-2-1-5-13(14)15/h1-9,21H,10-11H2,(H,22,25). The smallest absolute Gasteiger partial charge is 0.265 e. The van der Waals surface area contributed by atoms with Gasteiger partial charge in [0.15, 0.2) is 0 Å². The average molecular weight is 426 g/mol. The number of benzene rings is 1. The minimum atomic E-state index is -0.159. The van der Waals surface area contributed by atoms with Gasteiger partial charge in [-0.25, -0.2) is 0 Å². The third-order valence-electron chi connectivity index (χ3n) is 4.55. The van der Waals surface area contributed by atoms with Crippen molar-refractivity contribution < 1.29 is 9.59 Å². The third-order valence-corrected chi connectivity index (χ3v) is 7.80. The molecule has 0 saturated heterocycles. The largest absolute Gasteiger partial charge is 0.359 e. The van der Waals surface area contributed by atoms with Crippen LogP contribution in [0.3, 0.4) is 0 Å². The first kappa shape index (κ1) is 17.5. The summed E-state index contributed by atoms with van der Waals surface area (Å²) in [6.45, 7) is 0.546. The molecule has 4 aromatic rings. The lowest BCUT2D eigenvalue weighted by atomic mass is 10.2. The Labute approximate surface area is 173 Å². The number of nitrogens with one attached hydrogen (secondary N) is 2. The molecule has 2 amide bonds. The Hall–Kier alpha value is -2.55. The molecular formula is C20H15N3O2S3. The molecule has 0 atom stereocenters. The number of aromatic nitrogens is 1. The number of aromatic amines is 1. The van der Waals surface area contributed by atoms with E-state index in [1.807, 2.05) is 47.8 Å². The number of nitrogens with zero attached hydrogens (tertiary/aromatic N) is 1. The Morgan fingerprint density at radius 3 is 2.96 bits per heavy atom. The molecule has 0 saturated carbocycles. The molecule has 1 aliphatic rings. The molecule has 0 spiro atoms. The van der Waals surface area contributed by atoms with Crippen LogP contribution >= 0.6 is 34.4 Å². The molecule has 28 heavy (non-hydrogen) atoms. The second-order valence-corrected chi connectivity index (χ2v) is 9.66. The molecule has 5 nitrogen and oxygen atoms in total. The Balaban J connectivity index is 1.42. The number of H-pyrrole nitrogens is 1. The van der Waals surface area contributed by atoms with Gasteiger partial charge in [0, 0.05) is 22.0 Å². The maximum Gasteiger partial charge on any atom is 0.265 e. The van der Waals surface area contributed by atoms with Gasteiger partial charge in [0.25, 0.3) is 5.91 Å². The minimum Gasteiger partial charge on any atom is -0.359 e. The summed E-state index contributed by atoms with van der Waals surface area (Å²) in [5, 5.41) is 5.97. The molecule has 0 aliphatic carbocycles. The van der Waals surface area contributed by atoms with Crippen LogP contribution in [0.5, 0.6) is 0 Å². The Kier molecular flexibility index (Phi) is 4.46. The number of carbonyl (C=O) groups is 2. The lowest BCUT2D eigenvalue weighted by Crippen LogP contribution is -2.33. The van der Waals surface area contributed by atoms with Gasteiger partial charge in [-0.15, -0.1) is 34.4 Å². The fourth-order valence-electron chi connectivity index (χ4n) is 3.20. The molecule has 8 heteroatoms. The van der Waals surface area contributed by atoms with Crippen LogP contribution in [0.15, 0.2) is 58.3 Å². The van der Waals surface area contributed by atoms with Crippen molar-refractivity contribution in [2.75, 3.05) is 16.0 Å². The number of thiophene rings is 2. The second kappa shape index (κ2) is 7.12. The van der Waals surface area contributed by atoms with Gasteiger partial charge in [0.05, 0.1) is 32.8 Å². The van der Waals surface area contributed by atoms with Gasteiger partial charge in [-0.05, 0) is 23.6 Å². The zero-order chi connectivity index (χ0) is 19.1. The van der Waals surface area contributed by atoms with Crippen LogP contribution in [0.1, 0.15) is 14.5 Å². The molecule has 3 aromatic heterocycles. The quantitative estimate of drug-likeness (QED) is 0.473. The van der Waals surface area contributed by atoms with E-state index in [0.29, 0.717) is 17.2 Å². The van der Waals surface area contributed by atoms with Crippen molar-refractivity contribution in [2.24, 2.45) is 0 Å². The van der Waals surface area contributed by atoms with Crippen molar-refractivity contribution in [3.63, 3.8) is 0 Å². The summed E-state index contributed by atoms with van der Waals surface area (Å²) in [6, 6.07) is 13.7. The van der Waals surface area contributed by atoms with Crippen LogP contribution in [-0.2, 0) is 11.3 Å². The van der Waals surface area contributed by atoms with Crippen molar-refractivity contribution in [1.29, 1.82) is 0 Å². The molecule has 1 aromatic carbocycles. The fraction of sp³-hybridized carbons (Fsp3) is 0.100. The number of hydrogen-bond donors (Lipinski definition) is 2. The van der Waals surface area contributed by atoms with Crippen molar-refractivity contribution in [1.82, 2.24) is 4.98 Å². The van der Waals surface area contributed by atoms with Crippen LogP contribution in [0.25, 0.3) is 10.9 Å². The van der Waals surface area contributed by atoms with Crippen LogP contribution in [-0.4, -0.2) is 22.6 Å². The van der Waals surface area contributed by atoms with Gasteiger partial charge < -0.3 is 15.2 Å². The lowest BCUT2D eigenvalue weighted by molar-refractivity contribution is -0.116. The summed E-state index contributed by atoms with van der Waals surface area (Å²) in [5.41, 5.74) is 2.57. The van der Waals surface area contributed by atoms with Crippen LogP contribution in [0, 0.1) is 0 Å². The van der Waals surface area contributed by atoms with Crippen LogP contribution in [0.2, 0.25) is 0 Å². The molecule has 0 radical (unpaired) electrons. The molecule has 140 valence electrons. The normalized spacial score (nSPS) is 13.7. The summed E-state index contributed by atoms with van der Waals surface area (Å²) in [5.74, 6) is 0.322. The molecule has 0 fully saturated rings. The maximum atomic E-state index is 12.9. The second-order valence-electron chi connectivity index (χ2n) is 6.33. The summed E-state index contributed by atoms with van der Waals surface area (Å²) >= 11 is 4.58. The molecule has 4 heterocycles. The number of hydrogen-bond acceptors (Lipinski definition) is 5. The van der Waals surface area contributed by atoms with Crippen molar-refractivity contribution in [3.8, 4) is 0 Å². The molecule has 5 rings (SSSR count). The van der Waals surface area contributed by atoms with Gasteiger partial charge in [-0.3, -0.25) is 9.59 Å². The summed E-state index contributed by atoms with van der Waals surface area (Å²) in [6.07, 6.45) is 1.80. The maximum absolute atomic E-state index is 12.9. The minimum absolute atomic E-state index is 0.0762. The Morgan fingerprint density at radius 2 is 2.11 bits per heavy atom. The third kappa shape index (κ3) is 3.13. The Bertz CT molecular complexity index is 1180. The van der Waals surface area contributed by atoms with Crippen LogP contribution < -0.4 is 10.2 Å². The van der Waals surface area contributed by atoms with E-state index >= 15 is 0 Å². The SMILES string of the molecule is O=C(Nc1c[nH]c2ccccc12)c1cc2c(s1)SCC(=O)N2Cc1cccs1. The molecule has 1 aliphatic heterocycles. The highest BCUT2D eigenvalue weighted by molar-refractivity contribution is 8.02. The summed E-state index contributed by atoms with van der Waals surface area (Å²) in [4.78, 5) is 32.0. The topological polar surface area (TPSA) is 65.2 Å². The molecule has 0 unspecified atom stereocenters. The van der Waals surface area contributed by atoms with Gasteiger partial charge in [-0.2, -0.15) is 0 Å². The highest BCUT2D eigenvalue weighted by Gasteiger charge is 2.29. The zero-order valence-corrected chi connectivity index (χ0v) is 17.0. The van der Waals surface area contributed by atoms with E-state index in [4.69, 9.17) is 0 Å². The molecule has 2 N–H and O–H groups in total. The number of thioether (sulfide) groups is 1. The van der Waals surface area contributed by atoms with E-state index in [1.54, 1.807) is 22.4 Å². The predicted molar refractivity (Wildman–Crippen MR) is 117 cm³/mol. The fourth-order valence-corrected chi connectivity index (χ4v) is 6.09. The van der Waals surface area contributed by atoms with Crippen molar-refractivity contribution in [2.45, 2.75) is 10.8 Å². The Morgan fingerprint density at radius 1 is 1.21 bits per heavy atom. The zero-order valence-electron chi connectivity index (χ0n) is 14.6. The molecular weight excluding hydrogens is 410 g/mol. The molecule has 0 bridgehead atoms. The van der Waals surface area contributed by atoms with E-state index in [0.717, 1.165) is 31.4 Å². The number of amides is 2. The van der Waals surface area contributed by atoms with Gasteiger partial charge in [-0.1, -0.05) is 24.3 Å². The van der Waals surface area contributed by atoms with Crippen LogP contribution in [0.4, 0.5) is 11.4 Å². The van der Waals surface area contributed by atoms with E-state index in [1.165, 1.54) is 23.1 Å². The van der Waals surface area contributed by atoms with E-state index in [9.17, 15) is 9.59 Å². The monoisotopic (exact) mass is 425 g/mol. The first-order chi connectivity index (χ1) is 13.7. The van der Waals surface area contributed by atoms with Crippen molar-refractivity contribution >= 4 is 68.5 Å². The lowest BCUT2D eigenvalue weighted by Gasteiger charge is -2.25. The first-order valence-corrected chi connectivity index (χ1v) is 11.3. The van der Waals surface area contributed by atoms with Gasteiger partial charge in [0.1, 0.15) is 0 Å². The van der Waals surface area contributed by atoms with Gasteiger partial charge in [0.2, 0.25) is 5.91 Å². The summed E-state index contributed by atoms with van der Waals surface area (Å²) < 4.78 is 1.01. The first-order valence-electron chi connectivity index (χ1n) is 8.66. The number of para-hydroxylation sites is 1.